The molecule has 0 radical (unpaired) electrons. The molecule has 24 heavy (non-hydrogen) atoms. The Labute approximate surface area is 138 Å². The predicted octanol–water partition coefficient (Wildman–Crippen LogP) is 0.952. The van der Waals surface area contributed by atoms with Gasteiger partial charge in [0.15, 0.2) is 0 Å². The van der Waals surface area contributed by atoms with E-state index in [-0.39, 0.29) is 18.0 Å². The lowest BCUT2D eigenvalue weighted by Crippen LogP contribution is -2.30. The number of phenols is 1. The van der Waals surface area contributed by atoms with Gasteiger partial charge in [-0.25, -0.2) is 14.0 Å². The molecule has 1 amide bonds. The van der Waals surface area contributed by atoms with E-state index in [9.17, 15) is 18.3 Å². The number of rotatable bonds is 3. The fraction of sp³-hybridized carbons (Fsp3) is 0.200. The molecule has 0 bridgehead atoms. The lowest BCUT2D eigenvalue weighted by atomic mass is 10.0. The van der Waals surface area contributed by atoms with Crippen molar-refractivity contribution in [3.05, 3.63) is 36.0 Å². The number of nitrogens with one attached hydrogen (secondary N) is 1. The number of benzene rings is 1. The molecule has 0 spiro atoms. The van der Waals surface area contributed by atoms with Gasteiger partial charge in [-0.3, -0.25) is 4.79 Å². The van der Waals surface area contributed by atoms with E-state index in [2.05, 4.69) is 4.98 Å². The number of phenolic OH excluding ortho intramolecular Hbond substituents is 1. The van der Waals surface area contributed by atoms with Gasteiger partial charge in [-0.05, 0) is 42.3 Å². The van der Waals surface area contributed by atoms with Crippen molar-refractivity contribution in [3.8, 4) is 22.8 Å². The smallest absolute Gasteiger partial charge is 0.326 e. The van der Waals surface area contributed by atoms with E-state index in [1.807, 2.05) is 4.72 Å². The first kappa shape index (κ1) is 16.1. The molecule has 3 rings (SSSR count). The summed E-state index contributed by atoms with van der Waals surface area (Å²) < 4.78 is 31.9. The van der Waals surface area contributed by atoms with E-state index in [1.54, 1.807) is 31.3 Å². The first-order chi connectivity index (χ1) is 11.3. The van der Waals surface area contributed by atoms with Gasteiger partial charge in [0.05, 0.1) is 12.8 Å². The summed E-state index contributed by atoms with van der Waals surface area (Å²) in [5, 5.41) is 10.4. The summed E-state index contributed by atoms with van der Waals surface area (Å²) in [5.74, 6) is -0.516. The van der Waals surface area contributed by atoms with Gasteiger partial charge in [0, 0.05) is 11.8 Å². The van der Waals surface area contributed by atoms with E-state index >= 15 is 0 Å². The van der Waals surface area contributed by atoms with Crippen molar-refractivity contribution in [2.24, 2.45) is 0 Å². The highest BCUT2D eigenvalue weighted by molar-refractivity contribution is 7.92. The van der Waals surface area contributed by atoms with Crippen molar-refractivity contribution < 1.29 is 23.1 Å². The molecule has 2 heterocycles. The van der Waals surface area contributed by atoms with Crippen molar-refractivity contribution >= 4 is 21.8 Å². The highest BCUT2D eigenvalue weighted by atomic mass is 32.2. The van der Waals surface area contributed by atoms with Crippen LogP contribution >= 0.6 is 0 Å². The van der Waals surface area contributed by atoms with Gasteiger partial charge in [-0.1, -0.05) is 0 Å². The van der Waals surface area contributed by atoms with E-state index in [4.69, 9.17) is 4.74 Å². The summed E-state index contributed by atoms with van der Waals surface area (Å²) >= 11 is 0. The standard InChI is InChI=1S/C15H15N3O5S/c1-9-6-10(11-4-3-5-16-15(11)23-2)7-12(19)14(9)18-8-13(20)17-24(18,21)22/h3-7,19H,8H2,1-2H3,(H,17,20). The van der Waals surface area contributed by atoms with Gasteiger partial charge in [-0.2, -0.15) is 8.42 Å². The van der Waals surface area contributed by atoms with Crippen molar-refractivity contribution in [1.82, 2.24) is 9.71 Å². The molecule has 0 atom stereocenters. The van der Waals surface area contributed by atoms with Gasteiger partial charge in [0.2, 0.25) is 5.88 Å². The number of methoxy groups -OCH3 is 1. The molecule has 1 saturated heterocycles. The fourth-order valence-corrected chi connectivity index (χ4v) is 3.89. The number of ether oxygens (including phenoxy) is 1. The predicted molar refractivity (Wildman–Crippen MR) is 87.0 cm³/mol. The van der Waals surface area contributed by atoms with E-state index in [0.29, 0.717) is 22.6 Å². The van der Waals surface area contributed by atoms with Gasteiger partial charge in [-0.15, -0.1) is 0 Å². The second kappa shape index (κ2) is 5.68. The van der Waals surface area contributed by atoms with Crippen LogP contribution in [-0.2, 0) is 15.0 Å². The van der Waals surface area contributed by atoms with Crippen LogP contribution in [0.25, 0.3) is 11.1 Å². The number of amides is 1. The summed E-state index contributed by atoms with van der Waals surface area (Å²) in [6.45, 7) is 1.28. The van der Waals surface area contributed by atoms with Crippen LogP contribution in [0.5, 0.6) is 11.6 Å². The number of hydrogen-bond acceptors (Lipinski definition) is 6. The van der Waals surface area contributed by atoms with Gasteiger partial charge < -0.3 is 9.84 Å². The Morgan fingerprint density at radius 2 is 2.12 bits per heavy atom. The molecule has 1 aliphatic rings. The second-order valence-electron chi connectivity index (χ2n) is 5.26. The molecule has 0 unspecified atom stereocenters. The molecule has 0 aliphatic carbocycles. The molecule has 9 heteroatoms. The molecule has 1 aromatic heterocycles. The average Bonchev–Trinajstić information content (AvgIpc) is 2.79. The number of aryl methyl sites for hydroxylation is 1. The zero-order valence-corrected chi connectivity index (χ0v) is 13.8. The Balaban J connectivity index is 2.12. The first-order valence-corrected chi connectivity index (χ1v) is 8.44. The summed E-state index contributed by atoms with van der Waals surface area (Å²) in [7, 11) is -2.50. The third kappa shape index (κ3) is 2.62. The number of aromatic nitrogens is 1. The monoisotopic (exact) mass is 349 g/mol. The molecular formula is C15H15N3O5S. The van der Waals surface area contributed by atoms with Gasteiger partial charge in [0.1, 0.15) is 12.3 Å². The van der Waals surface area contributed by atoms with Crippen LogP contribution in [0.4, 0.5) is 5.69 Å². The summed E-state index contributed by atoms with van der Waals surface area (Å²) in [4.78, 5) is 15.5. The largest absolute Gasteiger partial charge is 0.506 e. The normalized spacial score (nSPS) is 16.1. The molecular weight excluding hydrogens is 334 g/mol. The molecule has 0 saturated carbocycles. The molecule has 2 aromatic rings. The lowest BCUT2D eigenvalue weighted by Gasteiger charge is -2.20. The number of carbonyl (C=O) groups excluding carboxylic acids is 1. The number of nitrogens with zero attached hydrogens (tertiary/aromatic N) is 2. The minimum Gasteiger partial charge on any atom is -0.506 e. The van der Waals surface area contributed by atoms with Crippen LogP contribution in [0.2, 0.25) is 0 Å². The van der Waals surface area contributed by atoms with Crippen LogP contribution in [-0.4, -0.2) is 38.1 Å². The third-order valence-corrected chi connectivity index (χ3v) is 5.00. The SMILES string of the molecule is COc1ncccc1-c1cc(C)c(N2CC(=O)NS2(=O)=O)c(O)c1. The van der Waals surface area contributed by atoms with E-state index < -0.39 is 16.1 Å². The topological polar surface area (TPSA) is 109 Å². The number of carbonyl (C=O) groups is 1. The minimum atomic E-state index is -3.99. The van der Waals surface area contributed by atoms with Crippen molar-refractivity contribution in [3.63, 3.8) is 0 Å². The zero-order valence-electron chi connectivity index (χ0n) is 13.0. The highest BCUT2D eigenvalue weighted by Crippen LogP contribution is 2.39. The molecule has 126 valence electrons. The summed E-state index contributed by atoms with van der Waals surface area (Å²) in [6.07, 6.45) is 1.58. The van der Waals surface area contributed by atoms with Crippen molar-refractivity contribution in [2.75, 3.05) is 18.0 Å². The number of anilines is 1. The van der Waals surface area contributed by atoms with Crippen molar-refractivity contribution in [2.45, 2.75) is 6.92 Å². The lowest BCUT2D eigenvalue weighted by molar-refractivity contribution is -0.117. The molecule has 1 aromatic carbocycles. The van der Waals surface area contributed by atoms with Crippen LogP contribution < -0.4 is 13.8 Å². The van der Waals surface area contributed by atoms with E-state index in [0.717, 1.165) is 4.31 Å². The van der Waals surface area contributed by atoms with Gasteiger partial charge in [0.25, 0.3) is 5.91 Å². The maximum absolute atomic E-state index is 12.0. The Hall–Kier alpha value is -2.81. The fourth-order valence-electron chi connectivity index (χ4n) is 2.66. The Bertz CT molecular complexity index is 903. The Kier molecular flexibility index (Phi) is 3.80. The molecule has 1 aliphatic heterocycles. The summed E-state index contributed by atoms with van der Waals surface area (Å²) in [5.41, 5.74) is 1.84. The molecule has 2 N–H and O–H groups in total. The maximum atomic E-state index is 12.0. The van der Waals surface area contributed by atoms with Crippen LogP contribution in [0, 0.1) is 6.92 Å². The third-order valence-electron chi connectivity index (χ3n) is 3.63. The molecule has 8 nitrogen and oxygen atoms in total. The summed E-state index contributed by atoms with van der Waals surface area (Å²) in [6, 6.07) is 6.62. The highest BCUT2D eigenvalue weighted by Gasteiger charge is 2.36. The second-order valence-corrected chi connectivity index (χ2v) is 6.85. The van der Waals surface area contributed by atoms with Crippen LogP contribution in [0.1, 0.15) is 5.56 Å². The quantitative estimate of drug-likeness (QED) is 0.854. The molecule has 1 fully saturated rings. The zero-order chi connectivity index (χ0) is 17.5. The maximum Gasteiger partial charge on any atom is 0.326 e. The Morgan fingerprint density at radius 3 is 2.71 bits per heavy atom. The van der Waals surface area contributed by atoms with Gasteiger partial charge >= 0.3 is 10.2 Å². The number of pyridine rings is 1. The number of hydrogen-bond donors (Lipinski definition) is 2. The minimum absolute atomic E-state index is 0.0694. The van der Waals surface area contributed by atoms with Crippen LogP contribution in [0.3, 0.4) is 0 Å². The van der Waals surface area contributed by atoms with Crippen LogP contribution in [0.15, 0.2) is 30.5 Å². The number of aromatic hydroxyl groups is 1. The Morgan fingerprint density at radius 1 is 1.38 bits per heavy atom. The first-order valence-electron chi connectivity index (χ1n) is 7.00. The average molecular weight is 349 g/mol. The van der Waals surface area contributed by atoms with Crippen molar-refractivity contribution in [1.29, 1.82) is 0 Å². The van der Waals surface area contributed by atoms with E-state index in [1.165, 1.54) is 13.2 Å².